The van der Waals surface area contributed by atoms with Crippen LogP contribution >= 0.6 is 11.6 Å². The number of hydrogen-bond acceptors (Lipinski definition) is 5. The van der Waals surface area contributed by atoms with Crippen LogP contribution in [0.4, 0.5) is 5.69 Å². The topological polar surface area (TPSA) is 94.6 Å². The number of rotatable bonds is 5. The van der Waals surface area contributed by atoms with Gasteiger partial charge in [-0.25, -0.2) is 0 Å². The number of nitro groups is 1. The molecule has 2 aromatic rings. The quantitative estimate of drug-likeness (QED) is 0.671. The Morgan fingerprint density at radius 2 is 2.14 bits per heavy atom. The van der Waals surface area contributed by atoms with E-state index in [4.69, 9.17) is 21.4 Å². The van der Waals surface area contributed by atoms with Crippen molar-refractivity contribution in [2.24, 2.45) is 0 Å². The van der Waals surface area contributed by atoms with Crippen molar-refractivity contribution in [3.63, 3.8) is 0 Å². The Labute approximate surface area is 124 Å². The smallest absolute Gasteiger partial charge is 0.297 e. The number of pyridine rings is 1. The highest BCUT2D eigenvalue weighted by molar-refractivity contribution is 6.32. The summed E-state index contributed by atoms with van der Waals surface area (Å²) in [6.45, 7) is -0.222. The van der Waals surface area contributed by atoms with Crippen LogP contribution in [0.5, 0.6) is 5.75 Å². The van der Waals surface area contributed by atoms with Crippen molar-refractivity contribution in [3.8, 4) is 11.4 Å². The van der Waals surface area contributed by atoms with Gasteiger partial charge in [0.05, 0.1) is 22.2 Å². The zero-order valence-electron chi connectivity index (χ0n) is 10.7. The highest BCUT2D eigenvalue weighted by Gasteiger charge is 2.13. The average Bonchev–Trinajstić information content (AvgIpc) is 2.46. The number of benzene rings is 1. The lowest BCUT2D eigenvalue weighted by Crippen LogP contribution is -2.21. The molecular weight excluding hydrogens is 300 g/mol. The molecule has 1 aromatic carbocycles. The summed E-state index contributed by atoms with van der Waals surface area (Å²) in [5.74, 6) is 0.0565. The van der Waals surface area contributed by atoms with E-state index >= 15 is 0 Å². The van der Waals surface area contributed by atoms with Gasteiger partial charge in [0.2, 0.25) is 0 Å². The largest absolute Gasteiger partial charge is 0.485 e. The Bertz CT molecular complexity index is 729. The number of nitro benzene ring substituents is 1. The van der Waals surface area contributed by atoms with Crippen LogP contribution in [-0.4, -0.2) is 27.8 Å². The molecule has 0 aliphatic heterocycles. The van der Waals surface area contributed by atoms with Gasteiger partial charge in [-0.3, -0.25) is 19.5 Å². The zero-order valence-corrected chi connectivity index (χ0v) is 11.5. The standard InChI is InChI=1S/C13H11ClN2O5/c14-10-8-9(16(19)20)3-4-11(10)15-5-1-2-12(13(15)18)21-7-6-17/h1-5,8,17H,6-7H2. The lowest BCUT2D eigenvalue weighted by atomic mass is 10.2. The van der Waals surface area contributed by atoms with Crippen molar-refractivity contribution in [1.29, 1.82) is 0 Å². The van der Waals surface area contributed by atoms with Gasteiger partial charge in [-0.1, -0.05) is 11.6 Å². The molecule has 0 spiro atoms. The second-order valence-corrected chi connectivity index (χ2v) is 4.42. The first-order chi connectivity index (χ1) is 10.0. The first-order valence-corrected chi connectivity index (χ1v) is 6.32. The Kier molecular flexibility index (Phi) is 4.56. The van der Waals surface area contributed by atoms with E-state index in [0.717, 1.165) is 0 Å². The number of nitrogens with zero attached hydrogens (tertiary/aromatic N) is 2. The van der Waals surface area contributed by atoms with Crippen molar-refractivity contribution < 1.29 is 14.8 Å². The van der Waals surface area contributed by atoms with Gasteiger partial charge in [0, 0.05) is 18.3 Å². The summed E-state index contributed by atoms with van der Waals surface area (Å²) >= 11 is 5.99. The molecule has 0 atom stereocenters. The average molecular weight is 311 g/mol. The van der Waals surface area contributed by atoms with Gasteiger partial charge in [-0.05, 0) is 18.2 Å². The normalized spacial score (nSPS) is 10.4. The van der Waals surface area contributed by atoms with E-state index in [1.165, 1.54) is 35.0 Å². The Morgan fingerprint density at radius 1 is 1.38 bits per heavy atom. The second-order valence-electron chi connectivity index (χ2n) is 4.01. The fourth-order valence-corrected chi connectivity index (χ4v) is 2.00. The molecule has 110 valence electrons. The van der Waals surface area contributed by atoms with Crippen LogP contribution in [0.1, 0.15) is 0 Å². The van der Waals surface area contributed by atoms with E-state index < -0.39 is 10.5 Å². The van der Waals surface area contributed by atoms with Crippen LogP contribution in [0.15, 0.2) is 41.3 Å². The summed E-state index contributed by atoms with van der Waals surface area (Å²) in [6.07, 6.45) is 1.47. The first kappa shape index (κ1) is 15.0. The molecule has 0 unspecified atom stereocenters. The van der Waals surface area contributed by atoms with Crippen LogP contribution < -0.4 is 10.3 Å². The third-order valence-electron chi connectivity index (χ3n) is 2.66. The van der Waals surface area contributed by atoms with E-state index in [1.54, 1.807) is 6.07 Å². The van der Waals surface area contributed by atoms with E-state index in [2.05, 4.69) is 0 Å². The van der Waals surface area contributed by atoms with Crippen LogP contribution in [0.2, 0.25) is 5.02 Å². The molecule has 0 aliphatic rings. The summed E-state index contributed by atoms with van der Waals surface area (Å²) in [5.41, 5.74) is -0.326. The maximum atomic E-state index is 12.2. The summed E-state index contributed by atoms with van der Waals surface area (Å²) in [4.78, 5) is 22.3. The van der Waals surface area contributed by atoms with Gasteiger partial charge < -0.3 is 9.84 Å². The van der Waals surface area contributed by atoms with E-state index in [-0.39, 0.29) is 29.7 Å². The molecule has 1 heterocycles. The van der Waals surface area contributed by atoms with Crippen molar-refractivity contribution in [3.05, 3.63) is 62.0 Å². The van der Waals surface area contributed by atoms with Gasteiger partial charge in [0.15, 0.2) is 5.75 Å². The van der Waals surface area contributed by atoms with Gasteiger partial charge in [-0.15, -0.1) is 0 Å². The Balaban J connectivity index is 2.47. The molecule has 0 saturated carbocycles. The van der Waals surface area contributed by atoms with E-state index in [9.17, 15) is 14.9 Å². The van der Waals surface area contributed by atoms with Crippen LogP contribution in [0.25, 0.3) is 5.69 Å². The summed E-state index contributed by atoms with van der Waals surface area (Å²) in [6, 6.07) is 6.86. The fourth-order valence-electron chi connectivity index (χ4n) is 1.73. The highest BCUT2D eigenvalue weighted by atomic mass is 35.5. The molecule has 1 aromatic heterocycles. The van der Waals surface area contributed by atoms with Crippen molar-refractivity contribution >= 4 is 17.3 Å². The van der Waals surface area contributed by atoms with Gasteiger partial charge >= 0.3 is 0 Å². The van der Waals surface area contributed by atoms with Gasteiger partial charge in [0.25, 0.3) is 11.2 Å². The first-order valence-electron chi connectivity index (χ1n) is 5.94. The Hall–Kier alpha value is -2.38. The lowest BCUT2D eigenvalue weighted by molar-refractivity contribution is -0.384. The van der Waals surface area contributed by atoms with E-state index in [0.29, 0.717) is 5.69 Å². The van der Waals surface area contributed by atoms with E-state index in [1.807, 2.05) is 0 Å². The lowest BCUT2D eigenvalue weighted by Gasteiger charge is -2.10. The number of aliphatic hydroxyl groups excluding tert-OH is 1. The van der Waals surface area contributed by atoms with Crippen LogP contribution in [0.3, 0.4) is 0 Å². The summed E-state index contributed by atoms with van der Waals surface area (Å²) in [5, 5.41) is 19.5. The SMILES string of the molecule is O=c1c(OCCO)cccn1-c1ccc([N+](=O)[O-])cc1Cl. The van der Waals surface area contributed by atoms with Crippen molar-refractivity contribution in [2.75, 3.05) is 13.2 Å². The predicted octanol–water partition coefficient (Wildman–Crippen LogP) is 1.77. The molecule has 0 fully saturated rings. The number of halogens is 1. The predicted molar refractivity (Wildman–Crippen MR) is 76.3 cm³/mol. The molecule has 0 radical (unpaired) electrons. The molecule has 21 heavy (non-hydrogen) atoms. The Morgan fingerprint density at radius 3 is 2.76 bits per heavy atom. The number of aromatic nitrogens is 1. The minimum atomic E-state index is -0.570. The van der Waals surface area contributed by atoms with Gasteiger partial charge in [-0.2, -0.15) is 0 Å². The molecule has 0 amide bonds. The third-order valence-corrected chi connectivity index (χ3v) is 2.97. The molecule has 8 heteroatoms. The van der Waals surface area contributed by atoms with Crippen molar-refractivity contribution in [1.82, 2.24) is 4.57 Å². The van der Waals surface area contributed by atoms with Gasteiger partial charge in [0.1, 0.15) is 6.61 Å². The molecule has 0 saturated heterocycles. The van der Waals surface area contributed by atoms with Crippen LogP contribution in [-0.2, 0) is 0 Å². The fraction of sp³-hybridized carbons (Fsp3) is 0.154. The molecule has 1 N–H and O–H groups in total. The maximum Gasteiger partial charge on any atom is 0.297 e. The summed E-state index contributed by atoms with van der Waals surface area (Å²) in [7, 11) is 0. The minimum Gasteiger partial charge on any atom is -0.485 e. The molecule has 0 bridgehead atoms. The van der Waals surface area contributed by atoms with Crippen LogP contribution in [0, 0.1) is 10.1 Å². The molecule has 7 nitrogen and oxygen atoms in total. The van der Waals surface area contributed by atoms with Crippen molar-refractivity contribution in [2.45, 2.75) is 0 Å². The monoisotopic (exact) mass is 310 g/mol. The molecular formula is C13H11ClN2O5. The number of ether oxygens (including phenoxy) is 1. The minimum absolute atomic E-state index is 0.00670. The highest BCUT2D eigenvalue weighted by Crippen LogP contribution is 2.25. The summed E-state index contributed by atoms with van der Waals surface area (Å²) < 4.78 is 6.34. The maximum absolute atomic E-state index is 12.2. The zero-order chi connectivity index (χ0) is 15.4. The second kappa shape index (κ2) is 6.38. The molecule has 0 aliphatic carbocycles. The number of non-ortho nitro benzene ring substituents is 1. The molecule has 2 rings (SSSR count). The number of hydrogen-bond donors (Lipinski definition) is 1. The third kappa shape index (κ3) is 3.21. The number of aliphatic hydroxyl groups is 1.